The van der Waals surface area contributed by atoms with Gasteiger partial charge >= 0.3 is 0 Å². The molecule has 7 nitrogen and oxygen atoms in total. The van der Waals surface area contributed by atoms with Crippen LogP contribution in [0.25, 0.3) is 0 Å². The fraction of sp³-hybridized carbons (Fsp3) is 0.350. The van der Waals surface area contributed by atoms with Crippen LogP contribution >= 0.6 is 27.5 Å². The van der Waals surface area contributed by atoms with Crippen LogP contribution in [0, 0.1) is 13.8 Å². The molecule has 1 amide bonds. The summed E-state index contributed by atoms with van der Waals surface area (Å²) < 4.78 is 10.1. The molecule has 0 N–H and O–H groups in total. The molecule has 0 aliphatic carbocycles. The third kappa shape index (κ3) is 4.82. The smallest absolute Gasteiger partial charge is 0.274 e. The quantitative estimate of drug-likeness (QED) is 0.501. The Morgan fingerprint density at radius 1 is 1.31 bits per heavy atom. The molecule has 2 heterocycles. The molecule has 9 heteroatoms. The van der Waals surface area contributed by atoms with Gasteiger partial charge < -0.3 is 9.64 Å². The van der Waals surface area contributed by atoms with Crippen molar-refractivity contribution in [2.75, 3.05) is 7.05 Å². The molecular formula is C20H23BrClN5O2. The highest BCUT2D eigenvalue weighted by atomic mass is 79.9. The van der Waals surface area contributed by atoms with Gasteiger partial charge in [-0.25, -0.2) is 4.68 Å². The SMILES string of the molecule is CCn1ncc(Br)c1CN(C)C(=O)c1ccn(COc2cc(C)c(Cl)c(C)c2)n1. The Bertz CT molecular complexity index is 1010. The van der Waals surface area contributed by atoms with Gasteiger partial charge in [0, 0.05) is 24.8 Å². The number of aromatic nitrogens is 4. The Morgan fingerprint density at radius 3 is 2.66 bits per heavy atom. The Balaban J connectivity index is 1.64. The molecule has 2 aromatic heterocycles. The summed E-state index contributed by atoms with van der Waals surface area (Å²) in [6, 6.07) is 5.45. The van der Waals surface area contributed by atoms with Crippen LogP contribution in [0.2, 0.25) is 5.02 Å². The second kappa shape index (κ2) is 9.00. The predicted octanol–water partition coefficient (Wildman–Crippen LogP) is 4.44. The van der Waals surface area contributed by atoms with E-state index in [0.717, 1.165) is 32.9 Å². The van der Waals surface area contributed by atoms with Crippen molar-refractivity contribution in [3.63, 3.8) is 0 Å². The monoisotopic (exact) mass is 479 g/mol. The van der Waals surface area contributed by atoms with E-state index in [1.807, 2.05) is 37.6 Å². The summed E-state index contributed by atoms with van der Waals surface area (Å²) in [7, 11) is 1.75. The van der Waals surface area contributed by atoms with Gasteiger partial charge in [0.15, 0.2) is 12.4 Å². The number of carbonyl (C=O) groups is 1. The highest BCUT2D eigenvalue weighted by Crippen LogP contribution is 2.26. The zero-order chi connectivity index (χ0) is 21.1. The van der Waals surface area contributed by atoms with Crippen LogP contribution in [-0.4, -0.2) is 37.4 Å². The third-order valence-corrected chi connectivity index (χ3v) is 5.82. The van der Waals surface area contributed by atoms with Crippen LogP contribution < -0.4 is 4.74 Å². The van der Waals surface area contributed by atoms with E-state index in [4.69, 9.17) is 16.3 Å². The summed E-state index contributed by atoms with van der Waals surface area (Å²) in [5, 5.41) is 9.36. The molecule has 0 saturated heterocycles. The number of aryl methyl sites for hydroxylation is 3. The lowest BCUT2D eigenvalue weighted by Gasteiger charge is -2.17. The Kier molecular flexibility index (Phi) is 6.64. The maximum absolute atomic E-state index is 12.7. The molecule has 0 radical (unpaired) electrons. The van der Waals surface area contributed by atoms with Gasteiger partial charge in [0.2, 0.25) is 0 Å². The van der Waals surface area contributed by atoms with Crippen LogP contribution in [0.5, 0.6) is 5.75 Å². The molecule has 0 spiro atoms. The van der Waals surface area contributed by atoms with Crippen LogP contribution in [0.3, 0.4) is 0 Å². The molecule has 0 unspecified atom stereocenters. The van der Waals surface area contributed by atoms with E-state index in [0.29, 0.717) is 18.0 Å². The van der Waals surface area contributed by atoms with Crippen LogP contribution in [-0.2, 0) is 19.8 Å². The highest BCUT2D eigenvalue weighted by Gasteiger charge is 2.18. The zero-order valence-electron chi connectivity index (χ0n) is 16.8. The van der Waals surface area contributed by atoms with E-state index in [2.05, 4.69) is 26.1 Å². The van der Waals surface area contributed by atoms with Crippen LogP contribution in [0.15, 0.2) is 35.1 Å². The molecule has 29 heavy (non-hydrogen) atoms. The molecule has 154 valence electrons. The van der Waals surface area contributed by atoms with Crippen molar-refractivity contribution in [2.24, 2.45) is 0 Å². The lowest BCUT2D eigenvalue weighted by molar-refractivity contribution is 0.0773. The maximum atomic E-state index is 12.7. The summed E-state index contributed by atoms with van der Waals surface area (Å²) in [6.07, 6.45) is 3.46. The van der Waals surface area contributed by atoms with E-state index in [1.54, 1.807) is 35.1 Å². The molecule has 0 aliphatic heterocycles. The second-order valence-corrected chi connectivity index (χ2v) is 8.03. The minimum Gasteiger partial charge on any atom is -0.471 e. The summed E-state index contributed by atoms with van der Waals surface area (Å²) in [5.41, 5.74) is 3.21. The topological polar surface area (TPSA) is 65.2 Å². The minimum atomic E-state index is -0.169. The first kappa shape index (κ1) is 21.4. The molecular weight excluding hydrogens is 458 g/mol. The average Bonchev–Trinajstić information content (AvgIpc) is 3.30. The fourth-order valence-electron chi connectivity index (χ4n) is 2.99. The molecule has 0 saturated carbocycles. The van der Waals surface area contributed by atoms with Crippen molar-refractivity contribution in [3.05, 3.63) is 62.6 Å². The second-order valence-electron chi connectivity index (χ2n) is 6.80. The molecule has 0 atom stereocenters. The molecule has 3 aromatic rings. The van der Waals surface area contributed by atoms with E-state index in [-0.39, 0.29) is 12.6 Å². The van der Waals surface area contributed by atoms with Crippen molar-refractivity contribution in [3.8, 4) is 5.75 Å². The number of nitrogens with zero attached hydrogens (tertiary/aromatic N) is 5. The van der Waals surface area contributed by atoms with Gasteiger partial charge in [-0.2, -0.15) is 10.2 Å². The van der Waals surface area contributed by atoms with Gasteiger partial charge in [0.1, 0.15) is 5.75 Å². The van der Waals surface area contributed by atoms with Gasteiger partial charge in [0.05, 0.1) is 22.9 Å². The summed E-state index contributed by atoms with van der Waals surface area (Å²) in [4.78, 5) is 14.4. The number of carbonyl (C=O) groups excluding carboxylic acids is 1. The fourth-order valence-corrected chi connectivity index (χ4v) is 3.52. The number of benzene rings is 1. The zero-order valence-corrected chi connectivity index (χ0v) is 19.2. The van der Waals surface area contributed by atoms with Gasteiger partial charge in [0.25, 0.3) is 5.91 Å². The van der Waals surface area contributed by atoms with E-state index in [1.165, 1.54) is 0 Å². The van der Waals surface area contributed by atoms with Crippen molar-refractivity contribution in [1.82, 2.24) is 24.5 Å². The molecule has 3 rings (SSSR count). The maximum Gasteiger partial charge on any atom is 0.274 e. The van der Waals surface area contributed by atoms with Gasteiger partial charge in [-0.3, -0.25) is 9.48 Å². The first-order chi connectivity index (χ1) is 13.8. The van der Waals surface area contributed by atoms with E-state index < -0.39 is 0 Å². The molecule has 1 aromatic carbocycles. The molecule has 0 bridgehead atoms. The van der Waals surface area contributed by atoms with Crippen molar-refractivity contribution in [1.29, 1.82) is 0 Å². The van der Waals surface area contributed by atoms with E-state index >= 15 is 0 Å². The summed E-state index contributed by atoms with van der Waals surface area (Å²) >= 11 is 9.68. The number of hydrogen-bond acceptors (Lipinski definition) is 4. The lowest BCUT2D eigenvalue weighted by Crippen LogP contribution is -2.28. The van der Waals surface area contributed by atoms with Crippen molar-refractivity contribution in [2.45, 2.75) is 40.6 Å². The number of ether oxygens (including phenoxy) is 1. The number of rotatable bonds is 7. The van der Waals surface area contributed by atoms with Crippen LogP contribution in [0.1, 0.15) is 34.2 Å². The lowest BCUT2D eigenvalue weighted by atomic mass is 10.1. The standard InChI is InChI=1S/C20H23BrClN5O2/c1-5-27-18(16(21)10-23-27)11-25(4)20(28)17-6-7-26(24-17)12-29-15-8-13(2)19(22)14(3)9-15/h6-10H,5,11-12H2,1-4H3. The van der Waals surface area contributed by atoms with Crippen LogP contribution in [0.4, 0.5) is 0 Å². The Hall–Kier alpha value is -2.32. The first-order valence-electron chi connectivity index (χ1n) is 9.18. The Labute approximate surface area is 183 Å². The third-order valence-electron chi connectivity index (χ3n) is 4.56. The summed E-state index contributed by atoms with van der Waals surface area (Å²) in [5.74, 6) is 0.542. The van der Waals surface area contributed by atoms with E-state index in [9.17, 15) is 4.79 Å². The largest absolute Gasteiger partial charge is 0.471 e. The van der Waals surface area contributed by atoms with Crippen molar-refractivity contribution >= 4 is 33.4 Å². The van der Waals surface area contributed by atoms with Crippen molar-refractivity contribution < 1.29 is 9.53 Å². The predicted molar refractivity (Wildman–Crippen MR) is 115 cm³/mol. The summed E-state index contributed by atoms with van der Waals surface area (Å²) in [6.45, 7) is 7.25. The number of hydrogen-bond donors (Lipinski definition) is 0. The number of amides is 1. The number of halogens is 2. The highest BCUT2D eigenvalue weighted by molar-refractivity contribution is 9.10. The minimum absolute atomic E-state index is 0.169. The normalized spacial score (nSPS) is 11.0. The molecule has 0 fully saturated rings. The van der Waals surface area contributed by atoms with Gasteiger partial charge in [-0.05, 0) is 66.0 Å². The van der Waals surface area contributed by atoms with Gasteiger partial charge in [-0.1, -0.05) is 11.6 Å². The first-order valence-corrected chi connectivity index (χ1v) is 10.4. The Morgan fingerprint density at radius 2 is 2.00 bits per heavy atom. The molecule has 0 aliphatic rings. The average molecular weight is 481 g/mol. The van der Waals surface area contributed by atoms with Gasteiger partial charge in [-0.15, -0.1) is 0 Å².